The summed E-state index contributed by atoms with van der Waals surface area (Å²) in [5, 5.41) is 2.61. The first-order chi connectivity index (χ1) is 17.8. The monoisotopic (exact) mass is 537 g/mol. The molecule has 1 saturated heterocycles. The quantitative estimate of drug-likeness (QED) is 0.410. The Kier molecular flexibility index (Phi) is 7.52. The number of carbonyl (C=O) groups excluding carboxylic acids is 1. The van der Waals surface area contributed by atoms with Crippen molar-refractivity contribution in [2.75, 3.05) is 36.4 Å². The zero-order chi connectivity index (χ0) is 27.7. The Hall–Kier alpha value is -3.83. The molecule has 2 aromatic carbocycles. The van der Waals surface area contributed by atoms with Crippen LogP contribution in [0.3, 0.4) is 0 Å². The van der Waals surface area contributed by atoms with Gasteiger partial charge in [0.1, 0.15) is 11.6 Å². The van der Waals surface area contributed by atoms with Crippen molar-refractivity contribution < 1.29 is 31.1 Å². The van der Waals surface area contributed by atoms with Gasteiger partial charge in [-0.05, 0) is 49.7 Å². The number of rotatable bonds is 4. The number of nitrogens with zero attached hydrogens (tertiary/aromatic N) is 4. The minimum atomic E-state index is -4.46. The largest absolute Gasteiger partial charge is 0.416 e. The van der Waals surface area contributed by atoms with Crippen LogP contribution in [0.1, 0.15) is 33.8 Å². The average molecular weight is 538 g/mol. The van der Waals surface area contributed by atoms with Gasteiger partial charge in [0, 0.05) is 49.5 Å². The van der Waals surface area contributed by atoms with Gasteiger partial charge >= 0.3 is 18.4 Å². The van der Waals surface area contributed by atoms with Gasteiger partial charge in [0.2, 0.25) is 0 Å². The third-order valence-electron chi connectivity index (χ3n) is 6.27. The highest BCUT2D eigenvalue weighted by Gasteiger charge is 2.31. The Morgan fingerprint density at radius 2 is 1.50 bits per heavy atom. The number of carbonyl (C=O) groups is 1. The van der Waals surface area contributed by atoms with Crippen molar-refractivity contribution in [2.45, 2.75) is 32.6 Å². The number of hydrogen-bond acceptors (Lipinski definition) is 4. The molecule has 2 amide bonds. The van der Waals surface area contributed by atoms with Gasteiger partial charge in [-0.25, -0.2) is 14.8 Å². The van der Waals surface area contributed by atoms with Crippen LogP contribution in [0.4, 0.5) is 42.6 Å². The van der Waals surface area contributed by atoms with Crippen LogP contribution in [-0.4, -0.2) is 47.1 Å². The molecule has 2 heterocycles. The molecule has 1 aromatic heterocycles. The highest BCUT2D eigenvalue weighted by Crippen LogP contribution is 2.32. The zero-order valence-electron chi connectivity index (χ0n) is 20.6. The van der Waals surface area contributed by atoms with E-state index >= 15 is 0 Å². The minimum Gasteiger partial charge on any atom is -0.353 e. The van der Waals surface area contributed by atoms with Gasteiger partial charge in [-0.15, -0.1) is 0 Å². The third-order valence-corrected chi connectivity index (χ3v) is 6.27. The fraction of sp³-hybridized carbons (Fsp3) is 0.346. The highest BCUT2D eigenvalue weighted by atomic mass is 19.4. The standard InChI is InChI=1S/C26H25F6N5O/c1-16-22(15-18-4-3-5-20(14-18)26(30,31)32)23(34-17(2)33-16)36-10-12-37(13-11-36)24(38)35-21-8-6-19(7-9-21)25(27,28)29/h3-9,14H,10-13,15H2,1-2H3,(H,35,38). The maximum absolute atomic E-state index is 13.2. The van der Waals surface area contributed by atoms with Crippen molar-refractivity contribution in [3.05, 3.63) is 82.3 Å². The first-order valence-corrected chi connectivity index (χ1v) is 11.8. The average Bonchev–Trinajstić information content (AvgIpc) is 2.85. The fourth-order valence-electron chi connectivity index (χ4n) is 4.31. The number of piperazine rings is 1. The molecule has 1 fully saturated rings. The molecule has 38 heavy (non-hydrogen) atoms. The summed E-state index contributed by atoms with van der Waals surface area (Å²) >= 11 is 0. The van der Waals surface area contributed by atoms with E-state index in [0.717, 1.165) is 24.3 Å². The van der Waals surface area contributed by atoms with Gasteiger partial charge in [-0.1, -0.05) is 18.2 Å². The summed E-state index contributed by atoms with van der Waals surface area (Å²) in [6.45, 7) is 4.97. The Morgan fingerprint density at radius 1 is 0.868 bits per heavy atom. The van der Waals surface area contributed by atoms with Gasteiger partial charge < -0.3 is 15.1 Å². The molecule has 202 valence electrons. The van der Waals surface area contributed by atoms with E-state index < -0.39 is 29.5 Å². The van der Waals surface area contributed by atoms with Crippen LogP contribution in [0.2, 0.25) is 0 Å². The van der Waals surface area contributed by atoms with Gasteiger partial charge in [-0.3, -0.25) is 0 Å². The first-order valence-electron chi connectivity index (χ1n) is 11.8. The number of hydrogen-bond donors (Lipinski definition) is 1. The van der Waals surface area contributed by atoms with Crippen LogP contribution in [0.5, 0.6) is 0 Å². The second-order valence-electron chi connectivity index (χ2n) is 9.01. The van der Waals surface area contributed by atoms with Gasteiger partial charge in [0.05, 0.1) is 11.1 Å². The normalized spacial score (nSPS) is 14.5. The summed E-state index contributed by atoms with van der Waals surface area (Å²) in [6, 6.07) is 8.90. The summed E-state index contributed by atoms with van der Waals surface area (Å²) in [4.78, 5) is 25.2. The molecule has 4 rings (SSSR count). The van der Waals surface area contributed by atoms with Crippen LogP contribution in [0.15, 0.2) is 48.5 Å². The molecule has 3 aromatic rings. The van der Waals surface area contributed by atoms with Crippen LogP contribution in [0, 0.1) is 13.8 Å². The number of aromatic nitrogens is 2. The molecule has 0 saturated carbocycles. The molecule has 0 spiro atoms. The van der Waals surface area contributed by atoms with Crippen molar-refractivity contribution in [2.24, 2.45) is 0 Å². The van der Waals surface area contributed by atoms with E-state index in [9.17, 15) is 31.1 Å². The van der Waals surface area contributed by atoms with E-state index in [1.54, 1.807) is 24.8 Å². The minimum absolute atomic E-state index is 0.208. The maximum Gasteiger partial charge on any atom is 0.416 e. The molecule has 1 aliphatic rings. The number of halogens is 6. The number of nitrogens with one attached hydrogen (secondary N) is 1. The molecule has 12 heteroatoms. The molecule has 1 aliphatic heterocycles. The van der Waals surface area contributed by atoms with E-state index in [1.165, 1.54) is 18.2 Å². The van der Waals surface area contributed by atoms with E-state index in [2.05, 4.69) is 15.3 Å². The number of urea groups is 1. The molecule has 6 nitrogen and oxygen atoms in total. The van der Waals surface area contributed by atoms with Crippen molar-refractivity contribution >= 4 is 17.5 Å². The predicted octanol–water partition coefficient (Wildman–Crippen LogP) is 6.08. The number of alkyl halides is 6. The van der Waals surface area contributed by atoms with E-state index in [1.807, 2.05) is 4.90 Å². The van der Waals surface area contributed by atoms with Crippen molar-refractivity contribution in [3.63, 3.8) is 0 Å². The molecule has 0 bridgehead atoms. The van der Waals surface area contributed by atoms with Crippen LogP contribution in [-0.2, 0) is 18.8 Å². The first kappa shape index (κ1) is 27.2. The maximum atomic E-state index is 13.2. The number of benzene rings is 2. The van der Waals surface area contributed by atoms with Gasteiger partial charge in [-0.2, -0.15) is 26.3 Å². The fourth-order valence-corrected chi connectivity index (χ4v) is 4.31. The Morgan fingerprint density at radius 3 is 2.11 bits per heavy atom. The van der Waals surface area contributed by atoms with E-state index in [4.69, 9.17) is 0 Å². The van der Waals surface area contributed by atoms with E-state index in [0.29, 0.717) is 54.6 Å². The molecule has 0 aliphatic carbocycles. The lowest BCUT2D eigenvalue weighted by atomic mass is 10.0. The van der Waals surface area contributed by atoms with Crippen molar-refractivity contribution in [1.29, 1.82) is 0 Å². The van der Waals surface area contributed by atoms with Crippen LogP contribution >= 0.6 is 0 Å². The summed E-state index contributed by atoms with van der Waals surface area (Å²) in [5.41, 5.74) is 0.558. The van der Waals surface area contributed by atoms with Crippen LogP contribution < -0.4 is 10.2 Å². The number of amides is 2. The molecular formula is C26H25F6N5O. The predicted molar refractivity (Wildman–Crippen MR) is 130 cm³/mol. The lowest BCUT2D eigenvalue weighted by molar-refractivity contribution is -0.138. The lowest BCUT2D eigenvalue weighted by Gasteiger charge is -2.36. The van der Waals surface area contributed by atoms with E-state index in [-0.39, 0.29) is 12.1 Å². The van der Waals surface area contributed by atoms with Crippen molar-refractivity contribution in [1.82, 2.24) is 14.9 Å². The van der Waals surface area contributed by atoms with Gasteiger partial charge in [0.25, 0.3) is 0 Å². The summed E-state index contributed by atoms with van der Waals surface area (Å²) in [5.74, 6) is 1.13. The lowest BCUT2D eigenvalue weighted by Crippen LogP contribution is -2.50. The number of anilines is 2. The van der Waals surface area contributed by atoms with Crippen molar-refractivity contribution in [3.8, 4) is 0 Å². The topological polar surface area (TPSA) is 61.4 Å². The summed E-state index contributed by atoms with van der Waals surface area (Å²) < 4.78 is 77.9. The molecule has 0 unspecified atom stereocenters. The Balaban J connectivity index is 1.45. The highest BCUT2D eigenvalue weighted by molar-refractivity contribution is 5.89. The number of aryl methyl sites for hydroxylation is 2. The third kappa shape index (κ3) is 6.35. The summed E-state index contributed by atoms with van der Waals surface area (Å²) in [7, 11) is 0. The SMILES string of the molecule is Cc1nc(C)c(Cc2cccc(C(F)(F)F)c2)c(N2CCN(C(=O)Nc3ccc(C(F)(F)F)cc3)CC2)n1. The Bertz CT molecular complexity index is 1300. The second kappa shape index (κ2) is 10.5. The van der Waals surface area contributed by atoms with Crippen LogP contribution in [0.25, 0.3) is 0 Å². The Labute approximate surface area is 215 Å². The van der Waals surface area contributed by atoms with Gasteiger partial charge in [0.15, 0.2) is 0 Å². The molecule has 0 atom stereocenters. The summed E-state index contributed by atoms with van der Waals surface area (Å²) in [6.07, 6.45) is -8.70. The molecule has 0 radical (unpaired) electrons. The smallest absolute Gasteiger partial charge is 0.353 e. The second-order valence-corrected chi connectivity index (χ2v) is 9.01. The molecular weight excluding hydrogens is 512 g/mol. The molecule has 1 N–H and O–H groups in total. The zero-order valence-corrected chi connectivity index (χ0v) is 20.6.